The first-order chi connectivity index (χ1) is 9.58. The molecule has 0 saturated heterocycles. The quantitative estimate of drug-likeness (QED) is 0.467. The van der Waals surface area contributed by atoms with Gasteiger partial charge in [0.25, 0.3) is 0 Å². The largest absolute Gasteiger partial charge is 0.487 e. The average molecular weight is 277 g/mol. The van der Waals surface area contributed by atoms with Crippen LogP contribution in [-0.4, -0.2) is 17.3 Å². The van der Waals surface area contributed by atoms with Crippen LogP contribution < -0.4 is 4.74 Å². The Balaban J connectivity index is 2.09. The van der Waals surface area contributed by atoms with Gasteiger partial charge in [0.05, 0.1) is 11.5 Å². The lowest BCUT2D eigenvalue weighted by Crippen LogP contribution is -2.15. The highest BCUT2D eigenvalue weighted by Crippen LogP contribution is 2.30. The van der Waals surface area contributed by atoms with Gasteiger partial charge in [-0.1, -0.05) is 19.3 Å². The number of nitro groups is 1. The third-order valence-electron chi connectivity index (χ3n) is 3.76. The van der Waals surface area contributed by atoms with Crippen molar-refractivity contribution in [2.45, 2.75) is 39.0 Å². The first kappa shape index (κ1) is 14.5. The zero-order chi connectivity index (χ0) is 14.5. The van der Waals surface area contributed by atoms with E-state index in [4.69, 9.17) is 4.74 Å². The van der Waals surface area contributed by atoms with Crippen LogP contribution in [0.4, 0.5) is 5.69 Å². The number of ether oxygens (including phenoxy) is 1. The van der Waals surface area contributed by atoms with E-state index in [1.807, 2.05) is 0 Å². The van der Waals surface area contributed by atoms with Gasteiger partial charge in [-0.3, -0.25) is 14.9 Å². The molecule has 5 heteroatoms. The SMILES string of the molecule is CC(=O)c1ccc(OCC2CCCCC2)c([N+](=O)[O-])c1. The van der Waals surface area contributed by atoms with Crippen LogP contribution >= 0.6 is 0 Å². The van der Waals surface area contributed by atoms with Gasteiger partial charge in [-0.15, -0.1) is 0 Å². The maximum atomic E-state index is 11.3. The molecule has 0 unspecified atom stereocenters. The van der Waals surface area contributed by atoms with Crippen molar-refractivity contribution >= 4 is 11.5 Å². The first-order valence-electron chi connectivity index (χ1n) is 7.00. The first-order valence-corrected chi connectivity index (χ1v) is 7.00. The lowest BCUT2D eigenvalue weighted by Gasteiger charge is -2.21. The minimum Gasteiger partial charge on any atom is -0.487 e. The number of ketones is 1. The molecule has 0 aromatic heterocycles. The third-order valence-corrected chi connectivity index (χ3v) is 3.76. The summed E-state index contributed by atoms with van der Waals surface area (Å²) in [4.78, 5) is 21.8. The van der Waals surface area contributed by atoms with Crippen molar-refractivity contribution < 1.29 is 14.5 Å². The molecular formula is C15H19NO4. The average Bonchev–Trinajstić information content (AvgIpc) is 2.45. The van der Waals surface area contributed by atoms with Crippen LogP contribution in [0.2, 0.25) is 0 Å². The lowest BCUT2D eigenvalue weighted by molar-refractivity contribution is -0.385. The van der Waals surface area contributed by atoms with Crippen molar-refractivity contribution in [3.8, 4) is 5.75 Å². The Labute approximate surface area is 118 Å². The van der Waals surface area contributed by atoms with Gasteiger partial charge in [0, 0.05) is 11.6 Å². The second-order valence-electron chi connectivity index (χ2n) is 5.31. The molecule has 0 spiro atoms. The summed E-state index contributed by atoms with van der Waals surface area (Å²) in [5, 5.41) is 11.1. The van der Waals surface area contributed by atoms with Crippen LogP contribution in [0.15, 0.2) is 18.2 Å². The molecule has 0 bridgehead atoms. The van der Waals surface area contributed by atoms with Gasteiger partial charge in [0.15, 0.2) is 11.5 Å². The molecule has 1 aromatic carbocycles. The summed E-state index contributed by atoms with van der Waals surface area (Å²) >= 11 is 0. The number of Topliss-reactive ketones (excluding diaryl/α,β-unsaturated/α-hetero) is 1. The number of carbonyl (C=O) groups is 1. The maximum absolute atomic E-state index is 11.3. The standard InChI is InChI=1S/C15H19NO4/c1-11(17)13-7-8-15(14(9-13)16(18)19)20-10-12-5-3-2-4-6-12/h7-9,12H,2-6,10H2,1H3. The predicted octanol–water partition coefficient (Wildman–Crippen LogP) is 3.76. The highest BCUT2D eigenvalue weighted by atomic mass is 16.6. The van der Waals surface area contributed by atoms with Gasteiger partial charge in [-0.25, -0.2) is 0 Å². The van der Waals surface area contributed by atoms with Gasteiger partial charge in [-0.2, -0.15) is 0 Å². The molecule has 20 heavy (non-hydrogen) atoms. The molecule has 0 heterocycles. The van der Waals surface area contributed by atoms with Crippen molar-refractivity contribution in [1.82, 2.24) is 0 Å². The summed E-state index contributed by atoms with van der Waals surface area (Å²) in [6, 6.07) is 4.39. The minimum absolute atomic E-state index is 0.131. The van der Waals surface area contributed by atoms with Gasteiger partial charge < -0.3 is 4.74 Å². The summed E-state index contributed by atoms with van der Waals surface area (Å²) < 4.78 is 5.62. The number of carbonyl (C=O) groups excluding carboxylic acids is 1. The van der Waals surface area contributed by atoms with Crippen LogP contribution in [0.3, 0.4) is 0 Å². The Hall–Kier alpha value is -1.91. The van der Waals surface area contributed by atoms with E-state index >= 15 is 0 Å². The summed E-state index contributed by atoms with van der Waals surface area (Å²) in [7, 11) is 0. The van der Waals surface area contributed by atoms with Gasteiger partial charge in [-0.05, 0) is 37.8 Å². The van der Waals surface area contributed by atoms with Crippen LogP contribution in [0.1, 0.15) is 49.4 Å². The topological polar surface area (TPSA) is 69.4 Å². The summed E-state index contributed by atoms with van der Waals surface area (Å²) in [5.74, 6) is 0.549. The molecule has 0 atom stereocenters. The summed E-state index contributed by atoms with van der Waals surface area (Å²) in [6.07, 6.45) is 5.93. The number of nitro benzene ring substituents is 1. The smallest absolute Gasteiger partial charge is 0.311 e. The van der Waals surface area contributed by atoms with Crippen LogP contribution in [0.5, 0.6) is 5.75 Å². The van der Waals surface area contributed by atoms with E-state index in [9.17, 15) is 14.9 Å². The van der Waals surface area contributed by atoms with Crippen LogP contribution in [-0.2, 0) is 0 Å². The van der Waals surface area contributed by atoms with E-state index in [1.165, 1.54) is 38.3 Å². The fourth-order valence-electron chi connectivity index (χ4n) is 2.56. The fraction of sp³-hybridized carbons (Fsp3) is 0.533. The van der Waals surface area contributed by atoms with Crippen molar-refractivity contribution in [3.05, 3.63) is 33.9 Å². The third kappa shape index (κ3) is 3.56. The minimum atomic E-state index is -0.497. The molecule has 0 N–H and O–H groups in total. The monoisotopic (exact) mass is 277 g/mol. The fourth-order valence-corrected chi connectivity index (χ4v) is 2.56. The predicted molar refractivity (Wildman–Crippen MR) is 75.2 cm³/mol. The van der Waals surface area contributed by atoms with Gasteiger partial charge in [0.2, 0.25) is 0 Å². The summed E-state index contributed by atoms with van der Waals surface area (Å²) in [5.41, 5.74) is 0.204. The Bertz CT molecular complexity index is 507. The van der Waals surface area contributed by atoms with E-state index in [1.54, 1.807) is 6.07 Å². The Morgan fingerprint density at radius 1 is 1.35 bits per heavy atom. The zero-order valence-corrected chi connectivity index (χ0v) is 11.6. The Kier molecular flexibility index (Phi) is 4.71. The normalized spacial score (nSPS) is 15.8. The molecule has 5 nitrogen and oxygen atoms in total. The molecule has 2 rings (SSSR count). The highest BCUT2D eigenvalue weighted by molar-refractivity contribution is 5.95. The molecule has 0 amide bonds. The Morgan fingerprint density at radius 3 is 2.65 bits per heavy atom. The van der Waals surface area contributed by atoms with E-state index in [-0.39, 0.29) is 17.2 Å². The molecule has 1 saturated carbocycles. The number of hydrogen-bond acceptors (Lipinski definition) is 4. The summed E-state index contributed by atoms with van der Waals surface area (Å²) in [6.45, 7) is 1.90. The number of rotatable bonds is 5. The van der Waals surface area contributed by atoms with Crippen LogP contribution in [0, 0.1) is 16.0 Å². The van der Waals surface area contributed by atoms with E-state index < -0.39 is 4.92 Å². The van der Waals surface area contributed by atoms with Crippen molar-refractivity contribution in [3.63, 3.8) is 0 Å². The number of hydrogen-bond donors (Lipinski definition) is 0. The van der Waals surface area contributed by atoms with Gasteiger partial charge >= 0.3 is 5.69 Å². The molecule has 0 aliphatic heterocycles. The molecule has 1 aromatic rings. The van der Waals surface area contributed by atoms with Crippen molar-refractivity contribution in [2.75, 3.05) is 6.61 Å². The molecule has 108 valence electrons. The van der Waals surface area contributed by atoms with Crippen molar-refractivity contribution in [2.24, 2.45) is 5.92 Å². The van der Waals surface area contributed by atoms with Crippen molar-refractivity contribution in [1.29, 1.82) is 0 Å². The zero-order valence-electron chi connectivity index (χ0n) is 11.6. The Morgan fingerprint density at radius 2 is 2.05 bits per heavy atom. The highest BCUT2D eigenvalue weighted by Gasteiger charge is 2.20. The number of benzene rings is 1. The second kappa shape index (κ2) is 6.50. The molecular weight excluding hydrogens is 258 g/mol. The maximum Gasteiger partial charge on any atom is 0.311 e. The molecule has 1 fully saturated rings. The lowest BCUT2D eigenvalue weighted by atomic mass is 9.90. The van der Waals surface area contributed by atoms with E-state index in [2.05, 4.69) is 0 Å². The molecule has 1 aliphatic rings. The van der Waals surface area contributed by atoms with Crippen LogP contribution in [0.25, 0.3) is 0 Å². The second-order valence-corrected chi connectivity index (χ2v) is 5.31. The number of nitrogens with zero attached hydrogens (tertiary/aromatic N) is 1. The van der Waals surface area contributed by atoms with Gasteiger partial charge in [0.1, 0.15) is 0 Å². The van der Waals surface area contributed by atoms with E-state index in [0.717, 1.165) is 12.8 Å². The molecule has 1 aliphatic carbocycles. The van der Waals surface area contributed by atoms with E-state index in [0.29, 0.717) is 18.1 Å². The molecule has 0 radical (unpaired) electrons.